The summed E-state index contributed by atoms with van der Waals surface area (Å²) in [5, 5.41) is 10.2. The van der Waals surface area contributed by atoms with Gasteiger partial charge in [0.05, 0.1) is 6.61 Å². The van der Waals surface area contributed by atoms with Gasteiger partial charge in [-0.1, -0.05) is 6.07 Å². The quantitative estimate of drug-likeness (QED) is 0.499. The first kappa shape index (κ1) is 17.8. The van der Waals surface area contributed by atoms with Crippen LogP contribution in [0.4, 0.5) is 22.0 Å². The number of esters is 1. The number of aliphatic hydroxyl groups is 1. The second kappa shape index (κ2) is 6.26. The molecule has 1 atom stereocenters. The van der Waals surface area contributed by atoms with E-state index in [0.717, 1.165) is 18.3 Å². The van der Waals surface area contributed by atoms with Crippen molar-refractivity contribution in [1.29, 1.82) is 0 Å². The van der Waals surface area contributed by atoms with Crippen LogP contribution in [0.2, 0.25) is 0 Å². The molecule has 2 N–H and O–H groups in total. The molecule has 1 amide bonds. The summed E-state index contributed by atoms with van der Waals surface area (Å²) in [6.45, 7) is 0.633. The van der Waals surface area contributed by atoms with Gasteiger partial charge in [-0.2, -0.15) is 13.2 Å². The summed E-state index contributed by atoms with van der Waals surface area (Å²) in [6.07, 6.45) is -5.67. The highest BCUT2D eigenvalue weighted by Crippen LogP contribution is 2.30. The van der Waals surface area contributed by atoms with Gasteiger partial charge in [0.2, 0.25) is 0 Å². The van der Waals surface area contributed by atoms with Crippen molar-refractivity contribution in [2.24, 2.45) is 0 Å². The van der Waals surface area contributed by atoms with Gasteiger partial charge in [-0.05, 0) is 19.1 Å². The van der Waals surface area contributed by atoms with Gasteiger partial charge in [0, 0.05) is 0 Å². The number of amides is 1. The highest BCUT2D eigenvalue weighted by molar-refractivity contribution is 5.98. The first-order chi connectivity index (χ1) is 10.0. The van der Waals surface area contributed by atoms with Crippen molar-refractivity contribution in [3.63, 3.8) is 0 Å². The summed E-state index contributed by atoms with van der Waals surface area (Å²) in [7, 11) is 0. The molecule has 1 rings (SSSR count). The van der Waals surface area contributed by atoms with Crippen LogP contribution >= 0.6 is 0 Å². The van der Waals surface area contributed by atoms with Gasteiger partial charge in [0.25, 0.3) is 5.91 Å². The summed E-state index contributed by atoms with van der Waals surface area (Å²) in [4.78, 5) is 22.9. The second-order valence-corrected chi connectivity index (χ2v) is 3.98. The highest BCUT2D eigenvalue weighted by Gasteiger charge is 2.62. The Morgan fingerprint density at radius 3 is 2.14 bits per heavy atom. The number of hydrogen-bond acceptors (Lipinski definition) is 4. The Morgan fingerprint density at radius 2 is 1.73 bits per heavy atom. The van der Waals surface area contributed by atoms with Crippen LogP contribution in [0.3, 0.4) is 0 Å². The van der Waals surface area contributed by atoms with Gasteiger partial charge >= 0.3 is 17.9 Å². The van der Waals surface area contributed by atoms with Crippen molar-refractivity contribution in [2.75, 3.05) is 6.61 Å². The molecule has 22 heavy (non-hydrogen) atoms. The van der Waals surface area contributed by atoms with Gasteiger partial charge in [0.15, 0.2) is 0 Å². The third-order valence-corrected chi connectivity index (χ3v) is 2.47. The number of carbonyl (C=O) groups excluding carboxylic acids is 2. The summed E-state index contributed by atoms with van der Waals surface area (Å²) in [6, 6.07) is 2.12. The molecule has 0 aliphatic carbocycles. The van der Waals surface area contributed by atoms with Gasteiger partial charge < -0.3 is 15.2 Å². The number of carbonyl (C=O) groups is 2. The molecule has 0 spiro atoms. The third-order valence-electron chi connectivity index (χ3n) is 2.47. The molecule has 0 aliphatic heterocycles. The predicted molar refractivity (Wildman–Crippen MR) is 61.5 cm³/mol. The summed E-state index contributed by atoms with van der Waals surface area (Å²) < 4.78 is 69.1. The number of alkyl halides is 3. The SMILES string of the molecule is CCOC(=O)[C@](O)(NC(=O)c1c(F)cccc1F)C(F)(F)F. The Kier molecular flexibility index (Phi) is 5.07. The molecule has 0 aromatic heterocycles. The molecule has 0 radical (unpaired) electrons. The van der Waals surface area contributed by atoms with Gasteiger partial charge in [-0.3, -0.25) is 4.79 Å². The molecule has 122 valence electrons. The van der Waals surface area contributed by atoms with E-state index >= 15 is 0 Å². The Balaban J connectivity index is 3.21. The van der Waals surface area contributed by atoms with Crippen molar-refractivity contribution in [2.45, 2.75) is 18.8 Å². The molecule has 0 saturated heterocycles. The molecule has 0 unspecified atom stereocenters. The molecule has 10 heteroatoms. The molecule has 0 heterocycles. The second-order valence-electron chi connectivity index (χ2n) is 3.98. The lowest BCUT2D eigenvalue weighted by atomic mass is 10.1. The summed E-state index contributed by atoms with van der Waals surface area (Å²) in [5.74, 6) is -7.13. The van der Waals surface area contributed by atoms with Crippen molar-refractivity contribution in [3.8, 4) is 0 Å². The number of benzene rings is 1. The summed E-state index contributed by atoms with van der Waals surface area (Å²) in [5.41, 5.74) is -5.82. The lowest BCUT2D eigenvalue weighted by Crippen LogP contribution is -2.64. The van der Waals surface area contributed by atoms with Crippen molar-refractivity contribution in [1.82, 2.24) is 5.32 Å². The monoisotopic (exact) mass is 327 g/mol. The molecular weight excluding hydrogens is 317 g/mol. The van der Waals surface area contributed by atoms with Crippen molar-refractivity contribution in [3.05, 3.63) is 35.4 Å². The molecule has 1 aromatic rings. The fourth-order valence-electron chi connectivity index (χ4n) is 1.41. The van der Waals surface area contributed by atoms with E-state index in [1.807, 2.05) is 0 Å². The average Bonchev–Trinajstić information content (AvgIpc) is 2.37. The average molecular weight is 327 g/mol. The molecular formula is C12H10F5NO4. The normalized spacial score (nSPS) is 14.1. The van der Waals surface area contributed by atoms with Crippen LogP contribution in [0.5, 0.6) is 0 Å². The molecule has 0 fully saturated rings. The van der Waals surface area contributed by atoms with Gasteiger partial charge in [-0.25, -0.2) is 13.6 Å². The summed E-state index contributed by atoms with van der Waals surface area (Å²) >= 11 is 0. The Labute approximate surface area is 120 Å². The Bertz CT molecular complexity index is 569. The molecule has 5 nitrogen and oxygen atoms in total. The molecule has 0 bridgehead atoms. The van der Waals surface area contributed by atoms with Crippen LogP contribution in [0.15, 0.2) is 18.2 Å². The van der Waals surface area contributed by atoms with E-state index in [1.165, 1.54) is 0 Å². The number of halogens is 5. The minimum atomic E-state index is -5.67. The zero-order chi connectivity index (χ0) is 17.1. The molecule has 0 saturated carbocycles. The topological polar surface area (TPSA) is 75.6 Å². The van der Waals surface area contributed by atoms with Crippen molar-refractivity contribution < 1.29 is 41.4 Å². The van der Waals surface area contributed by atoms with E-state index in [9.17, 15) is 36.6 Å². The van der Waals surface area contributed by atoms with E-state index in [-0.39, 0.29) is 0 Å². The largest absolute Gasteiger partial charge is 0.462 e. The predicted octanol–water partition coefficient (Wildman–Crippen LogP) is 1.51. The van der Waals surface area contributed by atoms with Gasteiger partial charge in [-0.15, -0.1) is 0 Å². The number of hydrogen-bond donors (Lipinski definition) is 2. The van der Waals surface area contributed by atoms with E-state index in [0.29, 0.717) is 12.1 Å². The standard InChI is InChI=1S/C12H10F5NO4/c1-2-22-10(20)11(21,12(15,16)17)18-9(19)8-6(13)4-3-5-7(8)14/h3-5,21H,2H2,1H3,(H,18,19)/t11-/m1/s1. The van der Waals surface area contributed by atoms with Crippen LogP contribution in [-0.4, -0.2) is 35.5 Å². The van der Waals surface area contributed by atoms with Crippen LogP contribution in [0.1, 0.15) is 17.3 Å². The zero-order valence-electron chi connectivity index (χ0n) is 11.0. The first-order valence-electron chi connectivity index (χ1n) is 5.77. The van der Waals surface area contributed by atoms with E-state index < -0.39 is 47.6 Å². The molecule has 1 aromatic carbocycles. The van der Waals surface area contributed by atoms with E-state index in [1.54, 1.807) is 0 Å². The van der Waals surface area contributed by atoms with Crippen LogP contribution < -0.4 is 5.32 Å². The van der Waals surface area contributed by atoms with E-state index in [2.05, 4.69) is 4.74 Å². The van der Waals surface area contributed by atoms with Crippen molar-refractivity contribution >= 4 is 11.9 Å². The van der Waals surface area contributed by atoms with Gasteiger partial charge in [0.1, 0.15) is 17.2 Å². The maximum Gasteiger partial charge on any atom is 0.448 e. The molecule has 0 aliphatic rings. The van der Waals surface area contributed by atoms with Crippen LogP contribution in [0.25, 0.3) is 0 Å². The number of nitrogens with one attached hydrogen (secondary N) is 1. The fraction of sp³-hybridized carbons (Fsp3) is 0.333. The minimum Gasteiger partial charge on any atom is -0.462 e. The lowest BCUT2D eigenvalue weighted by Gasteiger charge is -2.28. The third kappa shape index (κ3) is 3.32. The first-order valence-corrected chi connectivity index (χ1v) is 5.77. The Morgan fingerprint density at radius 1 is 1.23 bits per heavy atom. The zero-order valence-corrected chi connectivity index (χ0v) is 11.0. The minimum absolute atomic E-state index is 0.527. The van der Waals surface area contributed by atoms with Crippen LogP contribution in [-0.2, 0) is 9.53 Å². The van der Waals surface area contributed by atoms with E-state index in [4.69, 9.17) is 0 Å². The Hall–Kier alpha value is -2.23. The maximum absolute atomic E-state index is 13.3. The number of ether oxygens (including phenoxy) is 1. The maximum atomic E-state index is 13.3. The van der Waals surface area contributed by atoms with Crippen LogP contribution in [0, 0.1) is 11.6 Å². The highest BCUT2D eigenvalue weighted by atomic mass is 19.4. The smallest absolute Gasteiger partial charge is 0.448 e. The number of rotatable bonds is 4. The fourth-order valence-corrected chi connectivity index (χ4v) is 1.41. The lowest BCUT2D eigenvalue weighted by molar-refractivity contribution is -0.269.